The predicted molar refractivity (Wildman–Crippen MR) is 79.4 cm³/mol. The number of aryl methyl sites for hydroxylation is 1. The third-order valence-electron chi connectivity index (χ3n) is 2.63. The first-order valence-corrected chi connectivity index (χ1v) is 7.32. The van der Waals surface area contributed by atoms with Gasteiger partial charge in [0, 0.05) is 9.75 Å². The monoisotopic (exact) mass is 284 g/mol. The molecule has 2 amide bonds. The number of carbonyl (C=O) groups is 1. The molecule has 0 saturated heterocycles. The first kappa shape index (κ1) is 16.0. The number of thiophene rings is 1. The van der Waals surface area contributed by atoms with Gasteiger partial charge in [-0.05, 0) is 30.9 Å². The van der Waals surface area contributed by atoms with Gasteiger partial charge in [-0.2, -0.15) is 0 Å². The van der Waals surface area contributed by atoms with Crippen LogP contribution in [0, 0.1) is 12.3 Å². The van der Waals surface area contributed by atoms with E-state index in [9.17, 15) is 9.90 Å². The number of aliphatic hydroxyl groups excluding tert-OH is 1. The van der Waals surface area contributed by atoms with Gasteiger partial charge in [0.15, 0.2) is 0 Å². The van der Waals surface area contributed by atoms with Gasteiger partial charge in [-0.15, -0.1) is 11.3 Å². The van der Waals surface area contributed by atoms with Crippen molar-refractivity contribution in [2.24, 2.45) is 5.41 Å². The number of aliphatic hydroxyl groups is 1. The highest BCUT2D eigenvalue weighted by Crippen LogP contribution is 2.20. The van der Waals surface area contributed by atoms with Crippen LogP contribution < -0.4 is 10.6 Å². The molecule has 3 N–H and O–H groups in total. The van der Waals surface area contributed by atoms with Gasteiger partial charge in [-0.25, -0.2) is 4.79 Å². The van der Waals surface area contributed by atoms with Gasteiger partial charge in [0.05, 0.1) is 19.2 Å². The lowest BCUT2D eigenvalue weighted by Gasteiger charge is -2.25. The molecule has 0 saturated carbocycles. The summed E-state index contributed by atoms with van der Waals surface area (Å²) in [4.78, 5) is 14.1. The second kappa shape index (κ2) is 6.91. The van der Waals surface area contributed by atoms with Crippen LogP contribution in [0.4, 0.5) is 4.79 Å². The molecular weight excluding hydrogens is 260 g/mol. The van der Waals surface area contributed by atoms with Crippen LogP contribution in [-0.4, -0.2) is 23.8 Å². The van der Waals surface area contributed by atoms with Crippen molar-refractivity contribution in [1.29, 1.82) is 0 Å². The number of hydrogen-bond acceptors (Lipinski definition) is 3. The molecule has 1 heterocycles. The van der Waals surface area contributed by atoms with Crippen LogP contribution in [0.2, 0.25) is 0 Å². The Morgan fingerprint density at radius 1 is 1.42 bits per heavy atom. The van der Waals surface area contributed by atoms with E-state index in [4.69, 9.17) is 0 Å². The summed E-state index contributed by atoms with van der Waals surface area (Å²) in [5.41, 5.74) is 0.0749. The minimum atomic E-state index is -0.227. The first-order valence-electron chi connectivity index (χ1n) is 6.51. The van der Waals surface area contributed by atoms with E-state index in [1.54, 1.807) is 11.3 Å². The second-order valence-electron chi connectivity index (χ2n) is 5.98. The fourth-order valence-corrected chi connectivity index (χ4v) is 2.71. The standard InChI is InChI=1S/C14H24N2O2S/c1-10-5-6-12(19-10)8-15-13(18)16-11(9-17)7-14(2,3)4/h5-6,11,17H,7-9H2,1-4H3,(H2,15,16,18). The third kappa shape index (κ3) is 6.59. The molecule has 4 nitrogen and oxygen atoms in total. The lowest BCUT2D eigenvalue weighted by atomic mass is 9.88. The van der Waals surface area contributed by atoms with E-state index in [0.29, 0.717) is 6.54 Å². The fraction of sp³-hybridized carbons (Fsp3) is 0.643. The third-order valence-corrected chi connectivity index (χ3v) is 3.63. The molecule has 0 radical (unpaired) electrons. The molecule has 1 aromatic heterocycles. The molecule has 5 heteroatoms. The normalized spacial score (nSPS) is 13.1. The largest absolute Gasteiger partial charge is 0.394 e. The summed E-state index contributed by atoms with van der Waals surface area (Å²) in [5, 5.41) is 14.9. The summed E-state index contributed by atoms with van der Waals surface area (Å²) < 4.78 is 0. The van der Waals surface area contributed by atoms with Crippen LogP contribution in [0.25, 0.3) is 0 Å². The highest BCUT2D eigenvalue weighted by atomic mass is 32.1. The fourth-order valence-electron chi connectivity index (χ4n) is 1.88. The van der Waals surface area contributed by atoms with Crippen molar-refractivity contribution in [3.63, 3.8) is 0 Å². The minimum Gasteiger partial charge on any atom is -0.394 e. The Hall–Kier alpha value is -1.07. The topological polar surface area (TPSA) is 61.4 Å². The number of urea groups is 1. The zero-order valence-electron chi connectivity index (χ0n) is 12.1. The molecule has 0 aliphatic heterocycles. The maximum absolute atomic E-state index is 11.7. The molecule has 0 aliphatic carbocycles. The molecule has 0 fully saturated rings. The minimum absolute atomic E-state index is 0.0389. The summed E-state index contributed by atoms with van der Waals surface area (Å²) in [6, 6.07) is 3.62. The summed E-state index contributed by atoms with van der Waals surface area (Å²) in [6.45, 7) is 8.79. The Morgan fingerprint density at radius 2 is 2.11 bits per heavy atom. The highest BCUT2D eigenvalue weighted by molar-refractivity contribution is 7.11. The zero-order chi connectivity index (χ0) is 14.5. The summed E-state index contributed by atoms with van der Waals surface area (Å²) in [7, 11) is 0. The Labute approximate surface area is 119 Å². The number of rotatable bonds is 5. The molecule has 108 valence electrons. The average Bonchev–Trinajstić information content (AvgIpc) is 2.70. The van der Waals surface area contributed by atoms with Gasteiger partial charge < -0.3 is 15.7 Å². The quantitative estimate of drug-likeness (QED) is 0.778. The summed E-state index contributed by atoms with van der Waals surface area (Å²) in [5.74, 6) is 0. The van der Waals surface area contributed by atoms with Crippen LogP contribution >= 0.6 is 11.3 Å². The summed E-state index contributed by atoms with van der Waals surface area (Å²) >= 11 is 1.67. The number of amides is 2. The van der Waals surface area contributed by atoms with Crippen molar-refractivity contribution in [3.8, 4) is 0 Å². The average molecular weight is 284 g/mol. The van der Waals surface area contributed by atoms with E-state index in [1.165, 1.54) is 4.88 Å². The van der Waals surface area contributed by atoms with Gasteiger partial charge in [0.2, 0.25) is 0 Å². The molecule has 0 bridgehead atoms. The van der Waals surface area contributed by atoms with Crippen LogP contribution in [0.15, 0.2) is 12.1 Å². The van der Waals surface area contributed by atoms with Crippen LogP contribution in [0.3, 0.4) is 0 Å². The van der Waals surface area contributed by atoms with Crippen molar-refractivity contribution in [1.82, 2.24) is 10.6 Å². The molecule has 1 unspecified atom stereocenters. The predicted octanol–water partition coefficient (Wildman–Crippen LogP) is 2.65. The van der Waals surface area contributed by atoms with Gasteiger partial charge in [-0.3, -0.25) is 0 Å². The molecular formula is C14H24N2O2S. The summed E-state index contributed by atoms with van der Waals surface area (Å²) in [6.07, 6.45) is 0.745. The number of nitrogens with one attached hydrogen (secondary N) is 2. The van der Waals surface area contributed by atoms with Crippen molar-refractivity contribution >= 4 is 17.4 Å². The smallest absolute Gasteiger partial charge is 0.315 e. The maximum atomic E-state index is 11.7. The molecule has 0 aliphatic rings. The van der Waals surface area contributed by atoms with Gasteiger partial charge in [-0.1, -0.05) is 20.8 Å². The maximum Gasteiger partial charge on any atom is 0.315 e. The van der Waals surface area contributed by atoms with Gasteiger partial charge in [0.25, 0.3) is 0 Å². The van der Waals surface area contributed by atoms with Crippen molar-refractivity contribution in [3.05, 3.63) is 21.9 Å². The van der Waals surface area contributed by atoms with Crippen molar-refractivity contribution in [2.75, 3.05) is 6.61 Å². The molecule has 1 atom stereocenters. The van der Waals surface area contributed by atoms with E-state index in [0.717, 1.165) is 11.3 Å². The van der Waals surface area contributed by atoms with Crippen LogP contribution in [0.5, 0.6) is 0 Å². The SMILES string of the molecule is Cc1ccc(CNC(=O)NC(CO)CC(C)(C)C)s1. The van der Waals surface area contributed by atoms with E-state index < -0.39 is 0 Å². The lowest BCUT2D eigenvalue weighted by molar-refractivity contribution is 0.191. The Balaban J connectivity index is 2.37. The molecule has 19 heavy (non-hydrogen) atoms. The van der Waals surface area contributed by atoms with E-state index in [1.807, 2.05) is 19.1 Å². The van der Waals surface area contributed by atoms with Gasteiger partial charge >= 0.3 is 6.03 Å². The lowest BCUT2D eigenvalue weighted by Crippen LogP contribution is -2.45. The molecule has 1 rings (SSSR count). The molecule has 0 spiro atoms. The Kier molecular flexibility index (Phi) is 5.82. The zero-order valence-corrected chi connectivity index (χ0v) is 12.9. The number of hydrogen-bond donors (Lipinski definition) is 3. The van der Waals surface area contributed by atoms with Gasteiger partial charge in [0.1, 0.15) is 0 Å². The Morgan fingerprint density at radius 3 is 2.58 bits per heavy atom. The van der Waals surface area contributed by atoms with Crippen LogP contribution in [-0.2, 0) is 6.54 Å². The Bertz CT molecular complexity index is 410. The van der Waals surface area contributed by atoms with Crippen molar-refractivity contribution in [2.45, 2.75) is 46.7 Å². The molecule has 1 aromatic rings. The number of carbonyl (C=O) groups excluding carboxylic acids is 1. The first-order chi connectivity index (χ1) is 8.80. The van der Waals surface area contributed by atoms with E-state index >= 15 is 0 Å². The van der Waals surface area contributed by atoms with Crippen LogP contribution in [0.1, 0.15) is 36.9 Å². The molecule has 0 aromatic carbocycles. The van der Waals surface area contributed by atoms with E-state index in [2.05, 4.69) is 31.4 Å². The highest BCUT2D eigenvalue weighted by Gasteiger charge is 2.19. The van der Waals surface area contributed by atoms with E-state index in [-0.39, 0.29) is 24.1 Å². The van der Waals surface area contributed by atoms with Crippen molar-refractivity contribution < 1.29 is 9.90 Å². The second-order valence-corrected chi connectivity index (χ2v) is 7.36.